The summed E-state index contributed by atoms with van der Waals surface area (Å²) in [4.78, 5) is 35.2. The molecule has 186 valence electrons. The standard InChI is InChI=1S/C25H30FN5O4/c1-14(2)35-23-17(22(33)27-19-4-3-9-31(24(19)34)21-10-18(21)26)11-30-12-20(28-25(30)29-23)16-7-5-15(13-32)6-8-16/h3-4,9,11-12,14-16,18,21,32H,5-8,10,13H2,1-2H3,(H,27,33)/t15?,16?,18-,21+/m1/s1. The number of amides is 1. The maximum atomic E-state index is 13.5. The van der Waals surface area contributed by atoms with E-state index < -0.39 is 23.7 Å². The second-order valence-corrected chi connectivity index (χ2v) is 9.81. The van der Waals surface area contributed by atoms with Crippen molar-refractivity contribution in [2.75, 3.05) is 11.9 Å². The predicted molar refractivity (Wildman–Crippen MR) is 128 cm³/mol. The molecule has 3 aromatic rings. The van der Waals surface area contributed by atoms with Crippen molar-refractivity contribution in [2.45, 2.75) is 70.2 Å². The van der Waals surface area contributed by atoms with Crippen LogP contribution in [0.15, 0.2) is 35.5 Å². The van der Waals surface area contributed by atoms with Gasteiger partial charge in [0.15, 0.2) is 0 Å². The van der Waals surface area contributed by atoms with Crippen molar-refractivity contribution in [1.29, 1.82) is 0 Å². The molecule has 0 saturated heterocycles. The SMILES string of the molecule is CC(C)Oc1nc2nc(C3CCC(CO)CC3)cn2cc1C(=O)Nc1cccn([C@H]2C[C@H]2F)c1=O. The van der Waals surface area contributed by atoms with Crippen LogP contribution in [0, 0.1) is 5.92 Å². The van der Waals surface area contributed by atoms with Crippen LogP contribution in [-0.2, 0) is 0 Å². The highest BCUT2D eigenvalue weighted by molar-refractivity contribution is 6.05. The molecule has 2 aliphatic carbocycles. The monoisotopic (exact) mass is 483 g/mol. The number of pyridine rings is 1. The highest BCUT2D eigenvalue weighted by Crippen LogP contribution is 2.38. The van der Waals surface area contributed by atoms with Crippen LogP contribution in [0.3, 0.4) is 0 Å². The Labute approximate surface area is 202 Å². The summed E-state index contributed by atoms with van der Waals surface area (Å²) >= 11 is 0. The molecule has 2 saturated carbocycles. The summed E-state index contributed by atoms with van der Waals surface area (Å²) in [5.74, 6) is 0.641. The number of fused-ring (bicyclic) bond motifs is 1. The molecule has 0 unspecified atom stereocenters. The van der Waals surface area contributed by atoms with Crippen LogP contribution in [0.2, 0.25) is 0 Å². The largest absolute Gasteiger partial charge is 0.474 e. The number of hydrogen-bond donors (Lipinski definition) is 2. The summed E-state index contributed by atoms with van der Waals surface area (Å²) < 4.78 is 22.4. The van der Waals surface area contributed by atoms with Gasteiger partial charge in [-0.05, 0) is 57.6 Å². The fourth-order valence-electron chi connectivity index (χ4n) is 4.73. The van der Waals surface area contributed by atoms with Gasteiger partial charge in [0.25, 0.3) is 11.5 Å². The molecule has 5 rings (SSSR count). The molecular weight excluding hydrogens is 453 g/mol. The van der Waals surface area contributed by atoms with E-state index in [0.29, 0.717) is 18.1 Å². The lowest BCUT2D eigenvalue weighted by Crippen LogP contribution is -2.26. The van der Waals surface area contributed by atoms with Crippen molar-refractivity contribution in [3.8, 4) is 5.88 Å². The van der Waals surface area contributed by atoms with Gasteiger partial charge in [-0.25, -0.2) is 9.37 Å². The molecule has 0 bridgehead atoms. The minimum absolute atomic E-state index is 0.0687. The number of hydrogen-bond acceptors (Lipinski definition) is 6. The third-order valence-electron chi connectivity index (χ3n) is 6.81. The Morgan fingerprint density at radius 3 is 2.66 bits per heavy atom. The Kier molecular flexibility index (Phi) is 6.31. The number of nitrogens with zero attached hydrogens (tertiary/aromatic N) is 4. The summed E-state index contributed by atoms with van der Waals surface area (Å²) in [5, 5.41) is 12.1. The van der Waals surface area contributed by atoms with E-state index in [9.17, 15) is 19.1 Å². The maximum absolute atomic E-state index is 13.5. The van der Waals surface area contributed by atoms with Gasteiger partial charge in [-0.1, -0.05) is 0 Å². The number of anilines is 1. The van der Waals surface area contributed by atoms with Crippen LogP contribution in [0.4, 0.5) is 10.1 Å². The molecule has 2 fully saturated rings. The van der Waals surface area contributed by atoms with Crippen LogP contribution in [-0.4, -0.2) is 48.8 Å². The first-order valence-corrected chi connectivity index (χ1v) is 12.2. The molecule has 3 heterocycles. The lowest BCUT2D eigenvalue weighted by atomic mass is 9.81. The van der Waals surface area contributed by atoms with Crippen LogP contribution in [0.1, 0.15) is 74.0 Å². The Bertz CT molecular complexity index is 1290. The van der Waals surface area contributed by atoms with Gasteiger partial charge < -0.3 is 19.7 Å². The average Bonchev–Trinajstić information content (AvgIpc) is 3.41. The number of aliphatic hydroxyl groups is 1. The second kappa shape index (κ2) is 9.41. The zero-order chi connectivity index (χ0) is 24.7. The molecule has 2 aliphatic rings. The van der Waals surface area contributed by atoms with Crippen molar-refractivity contribution in [1.82, 2.24) is 18.9 Å². The first-order chi connectivity index (χ1) is 16.8. The fourth-order valence-corrected chi connectivity index (χ4v) is 4.73. The molecule has 1 amide bonds. The number of nitrogens with one attached hydrogen (secondary N) is 1. The number of halogens is 1. The molecular formula is C25H30FN5O4. The van der Waals surface area contributed by atoms with Crippen molar-refractivity contribution >= 4 is 17.4 Å². The molecule has 2 atom stereocenters. The molecule has 0 radical (unpaired) electrons. The molecule has 0 aromatic carbocycles. The van der Waals surface area contributed by atoms with Gasteiger partial charge in [-0.15, -0.1) is 0 Å². The van der Waals surface area contributed by atoms with Crippen molar-refractivity contribution < 1.29 is 19.0 Å². The summed E-state index contributed by atoms with van der Waals surface area (Å²) in [5.41, 5.74) is 0.691. The first-order valence-electron chi connectivity index (χ1n) is 12.2. The van der Waals surface area contributed by atoms with Crippen LogP contribution >= 0.6 is 0 Å². The smallest absolute Gasteiger partial charge is 0.274 e. The highest BCUT2D eigenvalue weighted by atomic mass is 19.1. The maximum Gasteiger partial charge on any atom is 0.274 e. The lowest BCUT2D eigenvalue weighted by Gasteiger charge is -2.25. The van der Waals surface area contributed by atoms with E-state index in [2.05, 4.69) is 15.3 Å². The minimum Gasteiger partial charge on any atom is -0.474 e. The summed E-state index contributed by atoms with van der Waals surface area (Å²) in [6.45, 7) is 3.89. The van der Waals surface area contributed by atoms with E-state index in [1.165, 1.54) is 16.8 Å². The van der Waals surface area contributed by atoms with Crippen molar-refractivity contribution in [3.63, 3.8) is 0 Å². The lowest BCUT2D eigenvalue weighted by molar-refractivity contribution is 0.101. The van der Waals surface area contributed by atoms with E-state index in [1.807, 2.05) is 20.0 Å². The zero-order valence-corrected chi connectivity index (χ0v) is 19.9. The van der Waals surface area contributed by atoms with E-state index >= 15 is 0 Å². The molecule has 0 spiro atoms. The van der Waals surface area contributed by atoms with E-state index in [-0.39, 0.29) is 35.8 Å². The molecule has 35 heavy (non-hydrogen) atoms. The molecule has 9 nitrogen and oxygen atoms in total. The summed E-state index contributed by atoms with van der Waals surface area (Å²) in [6.07, 6.45) is 7.86. The third-order valence-corrected chi connectivity index (χ3v) is 6.81. The predicted octanol–water partition coefficient (Wildman–Crippen LogP) is 3.48. The Morgan fingerprint density at radius 1 is 1.26 bits per heavy atom. The average molecular weight is 484 g/mol. The van der Waals surface area contributed by atoms with Crippen LogP contribution < -0.4 is 15.6 Å². The van der Waals surface area contributed by atoms with E-state index in [0.717, 1.165) is 31.4 Å². The molecule has 3 aromatic heterocycles. The number of carbonyl (C=O) groups excluding carboxylic acids is 1. The Morgan fingerprint density at radius 2 is 2.00 bits per heavy atom. The number of aromatic nitrogens is 4. The fraction of sp³-hybridized carbons (Fsp3) is 0.520. The van der Waals surface area contributed by atoms with Gasteiger partial charge in [-0.3, -0.25) is 14.0 Å². The zero-order valence-electron chi connectivity index (χ0n) is 19.9. The summed E-state index contributed by atoms with van der Waals surface area (Å²) in [6, 6.07) is 2.64. The quantitative estimate of drug-likeness (QED) is 0.532. The molecule has 2 N–H and O–H groups in total. The summed E-state index contributed by atoms with van der Waals surface area (Å²) in [7, 11) is 0. The van der Waals surface area contributed by atoms with Crippen molar-refractivity contribution in [3.05, 3.63) is 52.3 Å². The van der Waals surface area contributed by atoms with Gasteiger partial charge in [0.2, 0.25) is 11.7 Å². The van der Waals surface area contributed by atoms with E-state index in [4.69, 9.17) is 4.74 Å². The van der Waals surface area contributed by atoms with Gasteiger partial charge in [-0.2, -0.15) is 4.98 Å². The van der Waals surface area contributed by atoms with Gasteiger partial charge in [0, 0.05) is 37.5 Å². The van der Waals surface area contributed by atoms with Crippen molar-refractivity contribution in [2.24, 2.45) is 5.92 Å². The minimum atomic E-state index is -1.04. The number of alkyl halides is 1. The van der Waals surface area contributed by atoms with Gasteiger partial charge >= 0.3 is 0 Å². The highest BCUT2D eigenvalue weighted by Gasteiger charge is 2.40. The number of ether oxygens (including phenoxy) is 1. The second-order valence-electron chi connectivity index (χ2n) is 9.81. The van der Waals surface area contributed by atoms with Gasteiger partial charge in [0.05, 0.1) is 17.8 Å². The van der Waals surface area contributed by atoms with E-state index in [1.54, 1.807) is 16.7 Å². The van der Waals surface area contributed by atoms with Crippen LogP contribution in [0.25, 0.3) is 5.78 Å². The number of aliphatic hydroxyl groups excluding tert-OH is 1. The first kappa shape index (κ1) is 23.5. The Balaban J connectivity index is 1.44. The molecule has 0 aliphatic heterocycles. The van der Waals surface area contributed by atoms with Crippen LogP contribution in [0.5, 0.6) is 5.88 Å². The third kappa shape index (κ3) is 4.80. The normalized spacial score (nSPS) is 24.0. The number of rotatable bonds is 7. The Hall–Kier alpha value is -3.27. The van der Waals surface area contributed by atoms with Gasteiger partial charge in [0.1, 0.15) is 17.4 Å². The topological polar surface area (TPSA) is 111 Å². The number of carbonyl (C=O) groups is 1. The number of imidazole rings is 1. The molecule has 10 heteroatoms.